The maximum absolute atomic E-state index is 15.2. The fraction of sp³-hybridized carbons (Fsp3) is 0.579. The van der Waals surface area contributed by atoms with Crippen LogP contribution >= 0.6 is 22.6 Å². The van der Waals surface area contributed by atoms with Crippen LogP contribution in [0.5, 0.6) is 0 Å². The van der Waals surface area contributed by atoms with E-state index in [1.807, 2.05) is 0 Å². The van der Waals surface area contributed by atoms with E-state index in [0.717, 1.165) is 0 Å². The van der Waals surface area contributed by atoms with Crippen molar-refractivity contribution in [3.8, 4) is 0 Å². The Morgan fingerprint density at radius 1 is 1.32 bits per heavy atom. The second-order valence-corrected chi connectivity index (χ2v) is 12.1. The number of anilines is 1. The molecule has 0 bridgehead atoms. The van der Waals surface area contributed by atoms with Gasteiger partial charge in [-0.2, -0.15) is 0 Å². The first-order valence-electron chi connectivity index (χ1n) is 9.62. The zero-order valence-corrected chi connectivity index (χ0v) is 20.8. The summed E-state index contributed by atoms with van der Waals surface area (Å²) in [4.78, 5) is 13.7. The van der Waals surface area contributed by atoms with Crippen LogP contribution in [0.25, 0.3) is 5.52 Å². The molecule has 31 heavy (non-hydrogen) atoms. The van der Waals surface area contributed by atoms with E-state index in [1.54, 1.807) is 61.6 Å². The molecule has 3 atom stereocenters. The monoisotopic (exact) mass is 620 g/mol. The molecule has 1 saturated heterocycles. The van der Waals surface area contributed by atoms with Gasteiger partial charge in [0, 0.05) is 0 Å². The molecule has 0 spiro atoms. The van der Waals surface area contributed by atoms with Gasteiger partial charge in [0.15, 0.2) is 0 Å². The first kappa shape index (κ1) is 22.9. The van der Waals surface area contributed by atoms with Crippen LogP contribution in [-0.4, -0.2) is 71.0 Å². The molecule has 1 saturated carbocycles. The molecule has 2 aliphatic rings. The van der Waals surface area contributed by atoms with Gasteiger partial charge in [-0.1, -0.05) is 0 Å². The molecule has 1 amide bonds. The number of piperidine rings is 1. The maximum atomic E-state index is 15.2. The Hall–Kier alpha value is -1.27. The molecule has 2 fully saturated rings. The number of rotatable bonds is 3. The van der Waals surface area contributed by atoms with E-state index in [4.69, 9.17) is 4.74 Å². The molecule has 3 heterocycles. The minimum atomic E-state index is -4.29. The van der Waals surface area contributed by atoms with Gasteiger partial charge < -0.3 is 0 Å². The first-order valence-corrected chi connectivity index (χ1v) is 12.4. The zero-order chi connectivity index (χ0) is 22.8. The second-order valence-electron chi connectivity index (χ2n) is 8.80. The molecule has 0 unspecified atom stereocenters. The summed E-state index contributed by atoms with van der Waals surface area (Å²) in [5, 5.41) is 3.18. The Kier molecular flexibility index (Phi) is 5.65. The van der Waals surface area contributed by atoms with Crippen molar-refractivity contribution in [2.24, 2.45) is 5.92 Å². The van der Waals surface area contributed by atoms with Crippen molar-refractivity contribution in [2.75, 3.05) is 18.4 Å². The van der Waals surface area contributed by atoms with Gasteiger partial charge in [0.25, 0.3) is 0 Å². The number of pyridine rings is 1. The third-order valence-corrected chi connectivity index (χ3v) is 8.67. The fourth-order valence-corrected chi connectivity index (χ4v) is 6.28. The van der Waals surface area contributed by atoms with E-state index in [2.05, 4.69) is 10.4 Å². The molecule has 2 aromatic rings. The standard InChI is InChI=1S/C19H21F4IN4O2Se/c1-17(2,3)30-16(29)27-8-10-7-18(10,12(20)9-27)25-13-6-4-5-11-14(31-19(21,22)23)15(24)26-28(11)13/h4-6,10,12,25H,7-9H2,1-3H3/t10-,12+,18+/m1/s1. The Balaban J connectivity index is 1.55. The van der Waals surface area contributed by atoms with Crippen molar-refractivity contribution < 1.29 is 27.1 Å². The number of aromatic nitrogens is 2. The van der Waals surface area contributed by atoms with Gasteiger partial charge >= 0.3 is 176 Å². The van der Waals surface area contributed by atoms with Crippen LogP contribution in [0.3, 0.4) is 0 Å². The summed E-state index contributed by atoms with van der Waals surface area (Å²) in [5.41, 5.74) is -1.16. The van der Waals surface area contributed by atoms with Gasteiger partial charge in [0.2, 0.25) is 0 Å². The molecule has 6 nitrogen and oxygen atoms in total. The summed E-state index contributed by atoms with van der Waals surface area (Å²) in [6.07, 6.45) is -1.37. The SMILES string of the molecule is CC(C)(C)OC(=O)N1C[C@H]2C[C@@]2(Nc2cccc3c([Se]C(F)(F)F)c(I)nn23)[C@@H](F)C1. The third-order valence-electron chi connectivity index (χ3n) is 5.34. The summed E-state index contributed by atoms with van der Waals surface area (Å²) in [6.45, 7) is 5.52. The van der Waals surface area contributed by atoms with Gasteiger partial charge in [-0.05, 0) is 20.8 Å². The molecule has 0 aromatic carbocycles. The average Bonchev–Trinajstić information content (AvgIpc) is 3.25. The van der Waals surface area contributed by atoms with Gasteiger partial charge in [-0.25, -0.2) is 0 Å². The van der Waals surface area contributed by atoms with E-state index in [-0.39, 0.29) is 20.6 Å². The number of carbonyl (C=O) groups excluding carboxylic acids is 1. The Morgan fingerprint density at radius 3 is 2.65 bits per heavy atom. The second kappa shape index (κ2) is 7.65. The molecule has 1 N–H and O–H groups in total. The van der Waals surface area contributed by atoms with Crippen LogP contribution in [0.15, 0.2) is 18.2 Å². The number of nitrogens with zero attached hydrogens (tertiary/aromatic N) is 3. The summed E-state index contributed by atoms with van der Waals surface area (Å²) < 4.78 is 61.4. The van der Waals surface area contributed by atoms with Gasteiger partial charge in [-0.15, -0.1) is 0 Å². The Morgan fingerprint density at radius 2 is 2.03 bits per heavy atom. The summed E-state index contributed by atoms with van der Waals surface area (Å²) >= 11 is 0.0727. The van der Waals surface area contributed by atoms with E-state index in [1.165, 1.54) is 9.42 Å². The molecule has 2 aromatic heterocycles. The fourth-order valence-electron chi connectivity index (χ4n) is 3.93. The normalized spacial score (nSPS) is 26.0. The van der Waals surface area contributed by atoms with E-state index >= 15 is 4.39 Å². The summed E-state index contributed by atoms with van der Waals surface area (Å²) in [6, 6.07) is 4.91. The Bertz CT molecular complexity index is 1020. The minimum absolute atomic E-state index is 0.104. The number of ether oxygens (including phenoxy) is 1. The number of alkyl halides is 4. The molecule has 0 radical (unpaired) electrons. The van der Waals surface area contributed by atoms with Crippen molar-refractivity contribution >= 4 is 59.4 Å². The molecule has 12 heteroatoms. The molecular formula is C19H21F4IN4O2Se. The number of amides is 1. The van der Waals surface area contributed by atoms with Crippen LogP contribution in [0.1, 0.15) is 27.2 Å². The zero-order valence-electron chi connectivity index (χ0n) is 17.0. The topological polar surface area (TPSA) is 58.9 Å². The molecule has 4 rings (SSSR count). The number of fused-ring (bicyclic) bond motifs is 2. The van der Waals surface area contributed by atoms with Crippen LogP contribution in [-0.2, 0) is 4.74 Å². The van der Waals surface area contributed by atoms with E-state index < -0.39 is 43.4 Å². The average molecular weight is 619 g/mol. The van der Waals surface area contributed by atoms with Crippen LogP contribution < -0.4 is 9.78 Å². The number of hydrogen-bond acceptors (Lipinski definition) is 4. The third kappa shape index (κ3) is 4.61. The molecular weight excluding hydrogens is 598 g/mol. The van der Waals surface area contributed by atoms with Crippen molar-refractivity contribution in [3.63, 3.8) is 0 Å². The Labute approximate surface area is 196 Å². The van der Waals surface area contributed by atoms with Crippen LogP contribution in [0.2, 0.25) is 0 Å². The van der Waals surface area contributed by atoms with Crippen molar-refractivity contribution in [1.29, 1.82) is 0 Å². The van der Waals surface area contributed by atoms with Crippen molar-refractivity contribution in [3.05, 3.63) is 21.9 Å². The number of nitrogens with one attached hydrogen (secondary N) is 1. The van der Waals surface area contributed by atoms with Gasteiger partial charge in [0.05, 0.1) is 0 Å². The number of likely N-dealkylation sites (tertiary alicyclic amines) is 1. The first-order chi connectivity index (χ1) is 14.3. The summed E-state index contributed by atoms with van der Waals surface area (Å²) in [7, 11) is 0. The summed E-state index contributed by atoms with van der Waals surface area (Å²) in [5.74, 6) is 0.322. The van der Waals surface area contributed by atoms with Crippen LogP contribution in [0.4, 0.5) is 28.2 Å². The number of halogens is 5. The predicted molar refractivity (Wildman–Crippen MR) is 117 cm³/mol. The van der Waals surface area contributed by atoms with Gasteiger partial charge in [0.1, 0.15) is 0 Å². The number of hydrogen-bond donors (Lipinski definition) is 1. The predicted octanol–water partition coefficient (Wildman–Crippen LogP) is 3.55. The number of carbonyl (C=O) groups is 1. The molecule has 170 valence electrons. The van der Waals surface area contributed by atoms with Crippen LogP contribution in [0, 0.1) is 9.62 Å². The van der Waals surface area contributed by atoms with Crippen molar-refractivity contribution in [1.82, 2.24) is 14.5 Å². The quantitative estimate of drug-likeness (QED) is 0.325. The molecule has 1 aliphatic carbocycles. The van der Waals surface area contributed by atoms with Gasteiger partial charge in [-0.3, -0.25) is 0 Å². The van der Waals surface area contributed by atoms with Crippen molar-refractivity contribution in [2.45, 2.75) is 49.6 Å². The van der Waals surface area contributed by atoms with E-state index in [0.29, 0.717) is 24.3 Å². The van der Waals surface area contributed by atoms with E-state index in [9.17, 15) is 18.0 Å². The molecule has 1 aliphatic heterocycles.